The van der Waals surface area contributed by atoms with E-state index in [-0.39, 0.29) is 19.5 Å². The fourth-order valence-electron chi connectivity index (χ4n) is 7.37. The summed E-state index contributed by atoms with van der Waals surface area (Å²) in [4.78, 5) is 0. The predicted octanol–water partition coefficient (Wildman–Crippen LogP) is 10.4. The van der Waals surface area contributed by atoms with E-state index in [2.05, 4.69) is 217 Å². The van der Waals surface area contributed by atoms with Crippen molar-refractivity contribution in [3.05, 3.63) is 215 Å². The van der Waals surface area contributed by atoms with Crippen LogP contribution in [0, 0.1) is 5.41 Å². The van der Waals surface area contributed by atoms with Crippen LogP contribution in [0.1, 0.15) is 40.3 Å². The first-order valence-electron chi connectivity index (χ1n) is 15.1. The minimum Gasteiger partial charge on any atom is -0.121 e. The molecule has 4 heteroatoms. The molecule has 0 saturated heterocycles. The van der Waals surface area contributed by atoms with Gasteiger partial charge in [0.05, 0.1) is 0 Å². The number of hydrogen-bond acceptors (Lipinski definition) is 0. The minimum atomic E-state index is -0.624. The number of hydrogen-bond donors (Lipinski definition) is 0. The monoisotopic (exact) mass is 726 g/mol. The molecule has 45 heavy (non-hydrogen) atoms. The molecule has 3 atom stereocenters. The second-order valence-corrected chi connectivity index (χ2v) is 14.3. The van der Waals surface area contributed by atoms with Crippen LogP contribution in [0.3, 0.4) is 0 Å². The standard InChI is InChI=1S/C41H39P3.Ru/c1-38(39(42,32-20-8-2-9-21-32)33-22-10-3-11-23-33,40(43,34-24-12-4-13-25-34)35-26-14-5-15-27-35)41(44,36-28-16-6-17-29-36)37-30-18-7-19-31-37;/h2-31H,42-44H2,1H3;. The molecule has 6 aromatic carbocycles. The van der Waals surface area contributed by atoms with Crippen molar-refractivity contribution >= 4 is 27.7 Å². The molecular formula is C41H39P3Ru. The largest absolute Gasteiger partial charge is 0.121 e. The summed E-state index contributed by atoms with van der Waals surface area (Å²) in [6, 6.07) is 66.2. The first kappa shape index (κ1) is 33.6. The number of benzene rings is 6. The molecule has 3 unspecified atom stereocenters. The van der Waals surface area contributed by atoms with Gasteiger partial charge >= 0.3 is 0 Å². The Labute approximate surface area is 288 Å². The molecule has 0 spiro atoms. The van der Waals surface area contributed by atoms with Crippen molar-refractivity contribution in [1.82, 2.24) is 0 Å². The van der Waals surface area contributed by atoms with Gasteiger partial charge in [-0.05, 0) is 33.4 Å². The fourth-order valence-corrected chi connectivity index (χ4v) is 10.4. The van der Waals surface area contributed by atoms with Crippen LogP contribution in [-0.4, -0.2) is 0 Å². The van der Waals surface area contributed by atoms with Crippen molar-refractivity contribution in [2.45, 2.75) is 22.4 Å². The molecular weight excluding hydrogens is 686 g/mol. The van der Waals surface area contributed by atoms with Gasteiger partial charge in [-0.3, -0.25) is 0 Å². The quantitative estimate of drug-likeness (QED) is 0.103. The zero-order chi connectivity index (χ0) is 30.7. The summed E-state index contributed by atoms with van der Waals surface area (Å²) in [5.41, 5.74) is 6.77. The second kappa shape index (κ2) is 13.9. The molecule has 0 aliphatic rings. The SMILES string of the molecule is CC(C(P)(c1ccccc1)c1ccccc1)(C(P)(c1ccccc1)c1ccccc1)C(P)(c1ccccc1)c1ccccc1.[Ru]. The topological polar surface area (TPSA) is 0 Å². The number of rotatable bonds is 9. The Bertz CT molecular complexity index is 1450. The van der Waals surface area contributed by atoms with Crippen LogP contribution in [0.4, 0.5) is 0 Å². The first-order chi connectivity index (χ1) is 21.4. The summed E-state index contributed by atoms with van der Waals surface area (Å²) < 4.78 is 0. The van der Waals surface area contributed by atoms with Gasteiger partial charge in [0.2, 0.25) is 0 Å². The second-order valence-electron chi connectivity index (χ2n) is 11.7. The smallest absolute Gasteiger partial charge is 0.0427 e. The van der Waals surface area contributed by atoms with E-state index in [9.17, 15) is 0 Å². The van der Waals surface area contributed by atoms with Gasteiger partial charge in [0.1, 0.15) is 0 Å². The molecule has 0 aliphatic carbocycles. The van der Waals surface area contributed by atoms with E-state index in [4.69, 9.17) is 0 Å². The van der Waals surface area contributed by atoms with E-state index in [1.54, 1.807) is 0 Å². The maximum atomic E-state index is 3.44. The predicted molar refractivity (Wildman–Crippen MR) is 198 cm³/mol. The van der Waals surface area contributed by atoms with Gasteiger partial charge in [-0.2, -0.15) is 0 Å². The maximum absolute atomic E-state index is 3.44. The van der Waals surface area contributed by atoms with Crippen LogP contribution in [0.5, 0.6) is 0 Å². The summed E-state index contributed by atoms with van der Waals surface area (Å²) >= 11 is 0. The first-order valence-corrected chi connectivity index (χ1v) is 16.8. The van der Waals surface area contributed by atoms with Crippen LogP contribution >= 0.6 is 27.7 Å². The van der Waals surface area contributed by atoms with Gasteiger partial charge < -0.3 is 0 Å². The third-order valence-electron chi connectivity index (χ3n) is 9.74. The maximum Gasteiger partial charge on any atom is 0.0427 e. The zero-order valence-corrected chi connectivity index (χ0v) is 30.6. The van der Waals surface area contributed by atoms with Gasteiger partial charge in [0.25, 0.3) is 0 Å². The van der Waals surface area contributed by atoms with E-state index >= 15 is 0 Å². The molecule has 0 fully saturated rings. The molecule has 0 amide bonds. The molecule has 0 nitrogen and oxygen atoms in total. The molecule has 6 aromatic rings. The van der Waals surface area contributed by atoms with Crippen LogP contribution in [-0.2, 0) is 34.9 Å². The summed E-state index contributed by atoms with van der Waals surface area (Å²) in [5, 5.41) is -1.80. The Morgan fingerprint density at radius 2 is 0.422 bits per heavy atom. The Kier molecular flexibility index (Phi) is 10.4. The average Bonchev–Trinajstić information content (AvgIpc) is 3.12. The molecule has 0 radical (unpaired) electrons. The van der Waals surface area contributed by atoms with Gasteiger partial charge in [0.15, 0.2) is 0 Å². The molecule has 0 N–H and O–H groups in total. The Morgan fingerprint density at radius 1 is 0.289 bits per heavy atom. The van der Waals surface area contributed by atoms with Crippen molar-refractivity contribution < 1.29 is 19.5 Å². The Morgan fingerprint density at radius 3 is 0.556 bits per heavy atom. The van der Waals surface area contributed by atoms with Crippen molar-refractivity contribution in [2.24, 2.45) is 5.41 Å². The summed E-state index contributed by atoms with van der Waals surface area (Å²) in [5.74, 6) is 0. The van der Waals surface area contributed by atoms with Crippen LogP contribution in [0.15, 0.2) is 182 Å². The van der Waals surface area contributed by atoms with Gasteiger partial charge in [-0.15, -0.1) is 27.7 Å². The third-order valence-corrected chi connectivity index (χ3v) is 13.5. The Balaban J connectivity index is 0.00000400. The van der Waals surface area contributed by atoms with Crippen LogP contribution in [0.2, 0.25) is 0 Å². The molecule has 0 heterocycles. The molecule has 0 aromatic heterocycles. The molecule has 0 aliphatic heterocycles. The van der Waals surface area contributed by atoms with Crippen molar-refractivity contribution in [2.75, 3.05) is 0 Å². The van der Waals surface area contributed by atoms with Crippen molar-refractivity contribution in [3.8, 4) is 0 Å². The minimum absolute atomic E-state index is 0. The van der Waals surface area contributed by atoms with E-state index in [1.165, 1.54) is 33.4 Å². The normalized spacial score (nSPS) is 12.3. The summed E-state index contributed by atoms with van der Waals surface area (Å²) in [6.07, 6.45) is 0. The van der Waals surface area contributed by atoms with E-state index < -0.39 is 20.9 Å². The van der Waals surface area contributed by atoms with E-state index in [1.807, 2.05) is 0 Å². The molecule has 0 saturated carbocycles. The van der Waals surface area contributed by atoms with E-state index in [0.717, 1.165) is 0 Å². The van der Waals surface area contributed by atoms with E-state index in [0.29, 0.717) is 0 Å². The van der Waals surface area contributed by atoms with Gasteiger partial charge in [-0.25, -0.2) is 0 Å². The molecule has 0 bridgehead atoms. The third kappa shape index (κ3) is 5.42. The van der Waals surface area contributed by atoms with Crippen molar-refractivity contribution in [3.63, 3.8) is 0 Å². The fraction of sp³-hybridized carbons (Fsp3) is 0.122. The zero-order valence-electron chi connectivity index (χ0n) is 25.4. The van der Waals surface area contributed by atoms with Crippen LogP contribution in [0.25, 0.3) is 0 Å². The molecule has 6 rings (SSSR count). The summed E-state index contributed by atoms with van der Waals surface area (Å²) in [6.45, 7) is 2.50. The van der Waals surface area contributed by atoms with Crippen molar-refractivity contribution in [1.29, 1.82) is 0 Å². The molecule has 226 valence electrons. The Hall–Kier alpha value is -2.77. The van der Waals surface area contributed by atoms with Gasteiger partial charge in [-0.1, -0.05) is 189 Å². The average molecular weight is 726 g/mol. The van der Waals surface area contributed by atoms with Crippen LogP contribution < -0.4 is 0 Å². The van der Waals surface area contributed by atoms with Gasteiger partial charge in [0, 0.05) is 40.4 Å². The summed E-state index contributed by atoms with van der Waals surface area (Å²) in [7, 11) is 10.3.